The van der Waals surface area contributed by atoms with E-state index < -0.39 is 62.3 Å². The van der Waals surface area contributed by atoms with Crippen molar-refractivity contribution in [1.82, 2.24) is 39.0 Å². The topological polar surface area (TPSA) is 279 Å². The third-order valence-electron chi connectivity index (χ3n) is 6.60. The maximum Gasteiger partial charge on any atom is 0.223 e. The molecule has 0 amide bonds. The molecule has 2 saturated heterocycles. The minimum Gasteiger partial charge on any atom is -0.394 e. The van der Waals surface area contributed by atoms with Gasteiger partial charge in [0.2, 0.25) is 11.9 Å². The Hall–Kier alpha value is -2.92. The lowest BCUT2D eigenvalue weighted by Crippen LogP contribution is -2.33. The predicted molar refractivity (Wildman–Crippen MR) is 137 cm³/mol. The summed E-state index contributed by atoms with van der Waals surface area (Å²) in [6, 6.07) is 0. The van der Waals surface area contributed by atoms with Crippen LogP contribution in [-0.4, -0.2) is 120 Å². The summed E-state index contributed by atoms with van der Waals surface area (Å²) >= 11 is 0. The first-order valence-corrected chi connectivity index (χ1v) is 14.0. The molecule has 0 aromatic carbocycles. The fourth-order valence-corrected chi connectivity index (χ4v) is 6.64. The van der Waals surface area contributed by atoms with Gasteiger partial charge < -0.3 is 51.6 Å². The van der Waals surface area contributed by atoms with Crippen molar-refractivity contribution < 1.29 is 40.1 Å². The minimum atomic E-state index is -1.35. The zero-order valence-corrected chi connectivity index (χ0v) is 21.9. The average Bonchev–Trinajstić information content (AvgIpc) is 3.68. The van der Waals surface area contributed by atoms with Gasteiger partial charge in [0.25, 0.3) is 0 Å². The monoisotopic (exact) mass is 596 g/mol. The van der Waals surface area contributed by atoms with Crippen molar-refractivity contribution in [1.29, 1.82) is 0 Å². The fraction of sp³-hybridized carbons (Fsp3) is 0.500. The summed E-state index contributed by atoms with van der Waals surface area (Å²) in [4.78, 5) is 25.6. The number of aliphatic hydroxyl groups excluding tert-OH is 6. The zero-order valence-electron chi connectivity index (χ0n) is 20.2. The van der Waals surface area contributed by atoms with Crippen LogP contribution in [0.3, 0.4) is 0 Å². The number of rotatable bonds is 7. The molecule has 2 aliphatic heterocycles. The molecule has 214 valence electrons. The molecule has 10 N–H and O–H groups in total. The van der Waals surface area contributed by atoms with Crippen LogP contribution in [0.4, 0.5) is 11.9 Å². The van der Waals surface area contributed by atoms with E-state index in [1.165, 1.54) is 21.8 Å². The second-order valence-corrected chi connectivity index (χ2v) is 11.2. The van der Waals surface area contributed by atoms with Crippen LogP contribution in [0.1, 0.15) is 12.5 Å². The molecule has 0 aliphatic carbocycles. The molecule has 0 radical (unpaired) electrons. The highest BCUT2D eigenvalue weighted by molar-refractivity contribution is 8.76. The van der Waals surface area contributed by atoms with Crippen LogP contribution in [0.15, 0.2) is 22.7 Å². The second kappa shape index (κ2) is 10.5. The lowest BCUT2D eigenvalue weighted by Gasteiger charge is -2.16. The number of aromatic nitrogens is 8. The predicted octanol–water partition coefficient (Wildman–Crippen LogP) is -2.85. The number of fused-ring (bicyclic) bond motifs is 2. The van der Waals surface area contributed by atoms with Crippen LogP contribution in [0.5, 0.6) is 0 Å². The number of imidazole rings is 2. The maximum atomic E-state index is 10.4. The van der Waals surface area contributed by atoms with Gasteiger partial charge in [-0.05, 0) is 21.6 Å². The smallest absolute Gasteiger partial charge is 0.223 e. The Labute approximate surface area is 231 Å². The summed E-state index contributed by atoms with van der Waals surface area (Å²) in [5.41, 5.74) is 13.0. The van der Waals surface area contributed by atoms with Gasteiger partial charge in [0.15, 0.2) is 23.8 Å². The van der Waals surface area contributed by atoms with Crippen LogP contribution in [0.25, 0.3) is 22.3 Å². The van der Waals surface area contributed by atoms with E-state index in [0.717, 1.165) is 21.6 Å². The summed E-state index contributed by atoms with van der Waals surface area (Å²) in [5.74, 6) is -0.185. The number of nitrogen functional groups attached to an aromatic ring is 2. The zero-order chi connectivity index (χ0) is 28.3. The minimum absolute atomic E-state index is 0.0925. The molecule has 20 heteroatoms. The highest BCUT2D eigenvalue weighted by Crippen LogP contribution is 2.42. The number of ether oxygens (including phenoxy) is 2. The molecule has 18 nitrogen and oxygen atoms in total. The molecular weight excluding hydrogens is 572 g/mol. The van der Waals surface area contributed by atoms with E-state index in [9.17, 15) is 30.6 Å². The van der Waals surface area contributed by atoms with E-state index in [-0.39, 0.29) is 23.2 Å². The van der Waals surface area contributed by atoms with Crippen LogP contribution in [-0.2, 0) is 9.47 Å². The number of aliphatic hydroxyl groups is 6. The standard InChI is InChI=1S/C20H24N10O8S2/c21-19-25-13-7(23-3-29(13)17-11(35)9(33)5(1-31)37-17)15(27-19)39-40-16-8-14(26-20(22)28-16)30(4-24-8)18-12(36)10(34)6(2-32)38-18/h3-6,9-12,17-18,31-36H,1-2H2,(H2,21,25,27)(H2,22,26,28)/t5-,6-,9+,10+,11+,12+,17-,18+/m0/s1. The molecule has 6 heterocycles. The van der Waals surface area contributed by atoms with E-state index in [0.29, 0.717) is 21.1 Å². The third-order valence-corrected chi connectivity index (χ3v) is 8.76. The SMILES string of the molecule is Nc1nc(SSc2nc(N)nc3c2ncn3[C@H]2O[C@@H](CO)[C@@H](O)[C@H]2O)c2ncn([C@@H]3O[C@@H](CO)[C@@H](O)[C@H]3O)c2n1. The Morgan fingerprint density at radius 1 is 0.675 bits per heavy atom. The summed E-state index contributed by atoms with van der Waals surface area (Å²) in [5, 5.41) is 60.7. The van der Waals surface area contributed by atoms with Gasteiger partial charge in [-0.2, -0.15) is 9.97 Å². The van der Waals surface area contributed by atoms with Crippen molar-refractivity contribution in [2.45, 2.75) is 59.1 Å². The summed E-state index contributed by atoms with van der Waals surface area (Å²) < 4.78 is 14.0. The molecule has 4 aromatic heterocycles. The largest absolute Gasteiger partial charge is 0.394 e. The number of nitrogens with zero attached hydrogens (tertiary/aromatic N) is 8. The fourth-order valence-electron chi connectivity index (χ4n) is 4.60. The molecule has 6 rings (SSSR count). The second-order valence-electron chi connectivity index (χ2n) is 9.05. The molecule has 4 aromatic rings. The number of anilines is 2. The highest BCUT2D eigenvalue weighted by atomic mass is 33.1. The normalized spacial score (nSPS) is 30.6. The van der Waals surface area contributed by atoms with Gasteiger partial charge in [-0.1, -0.05) is 0 Å². The van der Waals surface area contributed by atoms with Crippen molar-refractivity contribution in [3.8, 4) is 0 Å². The lowest BCUT2D eigenvalue weighted by molar-refractivity contribution is -0.0511. The quantitative estimate of drug-likeness (QED) is 0.0787. The summed E-state index contributed by atoms with van der Waals surface area (Å²) in [6.07, 6.45) is -6.71. The van der Waals surface area contributed by atoms with Gasteiger partial charge in [0.1, 0.15) is 57.7 Å². The molecule has 0 spiro atoms. The van der Waals surface area contributed by atoms with Gasteiger partial charge in [-0.3, -0.25) is 9.13 Å². The van der Waals surface area contributed by atoms with Crippen molar-refractivity contribution >= 4 is 55.8 Å². The van der Waals surface area contributed by atoms with Gasteiger partial charge in [-0.25, -0.2) is 19.9 Å². The molecule has 0 bridgehead atoms. The first-order chi connectivity index (χ1) is 19.2. The number of hydrogen-bond donors (Lipinski definition) is 8. The third kappa shape index (κ3) is 4.41. The Balaban J connectivity index is 1.30. The summed E-state index contributed by atoms with van der Waals surface area (Å²) in [6.45, 7) is -0.978. The Kier molecular flexibility index (Phi) is 7.14. The van der Waals surface area contributed by atoms with E-state index in [4.69, 9.17) is 20.9 Å². The van der Waals surface area contributed by atoms with E-state index in [2.05, 4.69) is 29.9 Å². The molecule has 0 unspecified atom stereocenters. The van der Waals surface area contributed by atoms with Crippen molar-refractivity contribution in [2.75, 3.05) is 24.7 Å². The Bertz CT molecular complexity index is 1440. The maximum absolute atomic E-state index is 10.4. The van der Waals surface area contributed by atoms with E-state index in [1.807, 2.05) is 0 Å². The van der Waals surface area contributed by atoms with Gasteiger partial charge in [-0.15, -0.1) is 0 Å². The number of nitrogens with two attached hydrogens (primary N) is 2. The van der Waals surface area contributed by atoms with E-state index in [1.54, 1.807) is 0 Å². The van der Waals surface area contributed by atoms with Crippen LogP contribution >= 0.6 is 21.6 Å². The van der Waals surface area contributed by atoms with E-state index >= 15 is 0 Å². The molecule has 2 fully saturated rings. The molecule has 2 aliphatic rings. The van der Waals surface area contributed by atoms with Gasteiger partial charge in [0.05, 0.1) is 25.9 Å². The van der Waals surface area contributed by atoms with Crippen LogP contribution in [0, 0.1) is 0 Å². The molecule has 0 saturated carbocycles. The first kappa shape index (κ1) is 27.3. The average molecular weight is 597 g/mol. The Morgan fingerprint density at radius 3 is 1.43 bits per heavy atom. The van der Waals surface area contributed by atoms with Crippen molar-refractivity contribution in [3.05, 3.63) is 12.7 Å². The number of hydrogen-bond acceptors (Lipinski definition) is 18. The first-order valence-electron chi connectivity index (χ1n) is 11.8. The molecule has 40 heavy (non-hydrogen) atoms. The van der Waals surface area contributed by atoms with Gasteiger partial charge >= 0.3 is 0 Å². The summed E-state index contributed by atoms with van der Waals surface area (Å²) in [7, 11) is 2.24. The lowest BCUT2D eigenvalue weighted by atomic mass is 10.1. The van der Waals surface area contributed by atoms with Crippen molar-refractivity contribution in [3.63, 3.8) is 0 Å². The molecule has 8 atom stereocenters. The molecular formula is C20H24N10O8S2. The van der Waals surface area contributed by atoms with Crippen LogP contribution in [0.2, 0.25) is 0 Å². The Morgan fingerprint density at radius 2 is 1.07 bits per heavy atom. The van der Waals surface area contributed by atoms with Crippen LogP contribution < -0.4 is 11.5 Å². The van der Waals surface area contributed by atoms with Gasteiger partial charge in [0, 0.05) is 0 Å². The highest BCUT2D eigenvalue weighted by Gasteiger charge is 2.45. The van der Waals surface area contributed by atoms with Crippen molar-refractivity contribution in [2.24, 2.45) is 0 Å².